The summed E-state index contributed by atoms with van der Waals surface area (Å²) < 4.78 is 13.1. The van der Waals surface area contributed by atoms with E-state index in [1.54, 1.807) is 12.1 Å². The Bertz CT molecular complexity index is 463. The molecule has 19 heavy (non-hydrogen) atoms. The maximum absolute atomic E-state index is 13.1. The van der Waals surface area contributed by atoms with Gasteiger partial charge in [0, 0.05) is 18.5 Å². The van der Waals surface area contributed by atoms with Crippen molar-refractivity contribution < 1.29 is 4.39 Å². The van der Waals surface area contributed by atoms with Gasteiger partial charge in [0.05, 0.1) is 0 Å². The highest BCUT2D eigenvalue weighted by atomic mass is 19.1. The molecule has 0 radical (unpaired) electrons. The van der Waals surface area contributed by atoms with Crippen LogP contribution in [0.25, 0.3) is 0 Å². The first-order valence-electron chi connectivity index (χ1n) is 7.72. The fraction of sp³-hybridized carbons (Fsp3) is 0.647. The number of benzene rings is 1. The Kier molecular flexibility index (Phi) is 2.70. The fourth-order valence-corrected chi connectivity index (χ4v) is 4.82. The Morgan fingerprint density at radius 2 is 1.89 bits per heavy atom. The molecule has 0 aromatic heterocycles. The lowest BCUT2D eigenvalue weighted by Gasteiger charge is -2.46. The Hall–Kier alpha value is -0.890. The summed E-state index contributed by atoms with van der Waals surface area (Å²) >= 11 is 0. The van der Waals surface area contributed by atoms with Crippen molar-refractivity contribution in [2.24, 2.45) is 17.8 Å². The van der Waals surface area contributed by atoms with E-state index < -0.39 is 0 Å². The summed E-state index contributed by atoms with van der Waals surface area (Å²) in [5.41, 5.74) is 1.64. The maximum atomic E-state index is 13.1. The first-order chi connectivity index (χ1) is 9.25. The average Bonchev–Trinajstić information content (AvgIpc) is 2.97. The molecule has 1 aromatic carbocycles. The standard InChI is InChI=1S/C17H22FN/c18-16-5-3-15(4-6-16)17(10-19-11-17)9-14-8-12-1-2-13(14)7-12/h3-6,12-14,19H,1-2,7-11H2. The molecule has 2 aliphatic carbocycles. The van der Waals surface area contributed by atoms with Gasteiger partial charge in [0.15, 0.2) is 0 Å². The molecule has 1 saturated heterocycles. The summed E-state index contributed by atoms with van der Waals surface area (Å²) in [5, 5.41) is 3.44. The van der Waals surface area contributed by atoms with Crippen LogP contribution in [0, 0.1) is 23.6 Å². The fourth-order valence-electron chi connectivity index (χ4n) is 4.82. The lowest BCUT2D eigenvalue weighted by atomic mass is 9.67. The van der Waals surface area contributed by atoms with E-state index in [9.17, 15) is 4.39 Å². The summed E-state index contributed by atoms with van der Waals surface area (Å²) in [6.45, 7) is 2.15. The zero-order valence-corrected chi connectivity index (χ0v) is 11.4. The highest BCUT2D eigenvalue weighted by Gasteiger charge is 2.46. The molecule has 1 aromatic rings. The van der Waals surface area contributed by atoms with E-state index in [1.165, 1.54) is 37.7 Å². The average molecular weight is 259 g/mol. The van der Waals surface area contributed by atoms with Crippen LogP contribution < -0.4 is 5.32 Å². The summed E-state index contributed by atoms with van der Waals surface area (Å²) in [7, 11) is 0. The molecule has 1 aliphatic heterocycles. The van der Waals surface area contributed by atoms with Crippen molar-refractivity contribution in [1.29, 1.82) is 0 Å². The second-order valence-corrected chi connectivity index (χ2v) is 7.03. The van der Waals surface area contributed by atoms with Gasteiger partial charge in [0.1, 0.15) is 5.82 Å². The van der Waals surface area contributed by atoms with Crippen LogP contribution in [0.1, 0.15) is 37.7 Å². The van der Waals surface area contributed by atoms with Gasteiger partial charge in [-0.3, -0.25) is 0 Å². The lowest BCUT2D eigenvalue weighted by Crippen LogP contribution is -2.57. The van der Waals surface area contributed by atoms with Crippen molar-refractivity contribution in [3.8, 4) is 0 Å². The number of rotatable bonds is 3. The molecule has 1 heterocycles. The first kappa shape index (κ1) is 11.9. The van der Waals surface area contributed by atoms with Crippen LogP contribution in [0.3, 0.4) is 0 Å². The van der Waals surface area contributed by atoms with E-state index in [0.717, 1.165) is 30.8 Å². The third kappa shape index (κ3) is 1.92. The zero-order valence-electron chi connectivity index (χ0n) is 11.4. The second-order valence-electron chi connectivity index (χ2n) is 7.03. The summed E-state index contributed by atoms with van der Waals surface area (Å²) in [6.07, 6.45) is 7.18. The van der Waals surface area contributed by atoms with Crippen LogP contribution in [-0.4, -0.2) is 13.1 Å². The summed E-state index contributed by atoms with van der Waals surface area (Å²) in [6, 6.07) is 7.25. The minimum atomic E-state index is -0.119. The van der Waals surface area contributed by atoms with Crippen LogP contribution in [0.15, 0.2) is 24.3 Å². The van der Waals surface area contributed by atoms with E-state index in [-0.39, 0.29) is 5.82 Å². The van der Waals surface area contributed by atoms with Crippen LogP contribution in [-0.2, 0) is 5.41 Å². The third-order valence-corrected chi connectivity index (χ3v) is 5.92. The predicted octanol–water partition coefficient (Wildman–Crippen LogP) is 3.49. The molecule has 3 fully saturated rings. The van der Waals surface area contributed by atoms with E-state index >= 15 is 0 Å². The van der Waals surface area contributed by atoms with Crippen molar-refractivity contribution in [2.45, 2.75) is 37.5 Å². The van der Waals surface area contributed by atoms with Crippen molar-refractivity contribution in [2.75, 3.05) is 13.1 Å². The van der Waals surface area contributed by atoms with Gasteiger partial charge in [-0.1, -0.05) is 18.6 Å². The number of fused-ring (bicyclic) bond motifs is 2. The van der Waals surface area contributed by atoms with Gasteiger partial charge in [-0.15, -0.1) is 0 Å². The number of halogens is 1. The molecular weight excluding hydrogens is 237 g/mol. The molecule has 3 unspecified atom stereocenters. The van der Waals surface area contributed by atoms with Crippen LogP contribution in [0.5, 0.6) is 0 Å². The van der Waals surface area contributed by atoms with Gasteiger partial charge < -0.3 is 5.32 Å². The maximum Gasteiger partial charge on any atom is 0.123 e. The van der Waals surface area contributed by atoms with Crippen LogP contribution in [0.4, 0.5) is 4.39 Å². The van der Waals surface area contributed by atoms with E-state index in [0.29, 0.717) is 5.41 Å². The molecule has 2 heteroatoms. The van der Waals surface area contributed by atoms with Crippen LogP contribution >= 0.6 is 0 Å². The lowest BCUT2D eigenvalue weighted by molar-refractivity contribution is 0.180. The van der Waals surface area contributed by atoms with Gasteiger partial charge in [-0.2, -0.15) is 0 Å². The molecule has 1 N–H and O–H groups in total. The number of hydrogen-bond acceptors (Lipinski definition) is 1. The number of nitrogens with one attached hydrogen (secondary N) is 1. The van der Waals surface area contributed by atoms with E-state index in [2.05, 4.69) is 5.32 Å². The molecule has 0 spiro atoms. The monoisotopic (exact) mass is 259 g/mol. The summed E-state index contributed by atoms with van der Waals surface area (Å²) in [4.78, 5) is 0. The van der Waals surface area contributed by atoms with E-state index in [1.807, 2.05) is 12.1 Å². The number of hydrogen-bond donors (Lipinski definition) is 1. The predicted molar refractivity (Wildman–Crippen MR) is 74.5 cm³/mol. The Morgan fingerprint density at radius 1 is 1.11 bits per heavy atom. The molecule has 1 nitrogen and oxygen atoms in total. The van der Waals surface area contributed by atoms with Crippen molar-refractivity contribution >= 4 is 0 Å². The minimum absolute atomic E-state index is 0.119. The molecule has 3 aliphatic rings. The first-order valence-corrected chi connectivity index (χ1v) is 7.72. The van der Waals surface area contributed by atoms with Gasteiger partial charge in [-0.25, -0.2) is 4.39 Å². The van der Waals surface area contributed by atoms with Gasteiger partial charge in [-0.05, 0) is 61.1 Å². The molecule has 2 saturated carbocycles. The third-order valence-electron chi connectivity index (χ3n) is 5.92. The van der Waals surface area contributed by atoms with Crippen molar-refractivity contribution in [3.63, 3.8) is 0 Å². The molecule has 4 rings (SSSR count). The van der Waals surface area contributed by atoms with Gasteiger partial charge in [0.25, 0.3) is 0 Å². The minimum Gasteiger partial charge on any atom is -0.315 e. The topological polar surface area (TPSA) is 12.0 Å². The smallest absolute Gasteiger partial charge is 0.123 e. The van der Waals surface area contributed by atoms with Gasteiger partial charge in [0.2, 0.25) is 0 Å². The molecular formula is C17H22FN. The van der Waals surface area contributed by atoms with E-state index in [4.69, 9.17) is 0 Å². The SMILES string of the molecule is Fc1ccc(C2(CC3CC4CCC3C4)CNC2)cc1. The van der Waals surface area contributed by atoms with Gasteiger partial charge >= 0.3 is 0 Å². The highest BCUT2D eigenvalue weighted by molar-refractivity contribution is 5.30. The Labute approximate surface area is 114 Å². The molecule has 0 amide bonds. The molecule has 2 bridgehead atoms. The highest BCUT2D eigenvalue weighted by Crippen LogP contribution is 2.52. The quantitative estimate of drug-likeness (QED) is 0.876. The summed E-state index contributed by atoms with van der Waals surface area (Å²) in [5.74, 6) is 2.81. The van der Waals surface area contributed by atoms with Crippen LogP contribution in [0.2, 0.25) is 0 Å². The molecule has 3 atom stereocenters. The Morgan fingerprint density at radius 3 is 2.42 bits per heavy atom. The largest absolute Gasteiger partial charge is 0.315 e. The Balaban J connectivity index is 1.55. The molecule has 102 valence electrons. The normalized spacial score (nSPS) is 35.3. The zero-order chi connectivity index (χ0) is 12.9. The van der Waals surface area contributed by atoms with Crippen molar-refractivity contribution in [1.82, 2.24) is 5.32 Å². The second kappa shape index (κ2) is 4.31. The van der Waals surface area contributed by atoms with Crippen molar-refractivity contribution in [3.05, 3.63) is 35.6 Å².